The fourth-order valence-electron chi connectivity index (χ4n) is 2.27. The second-order valence-corrected chi connectivity index (χ2v) is 7.01. The maximum atomic E-state index is 12.2. The highest BCUT2D eigenvalue weighted by molar-refractivity contribution is 7.14. The van der Waals surface area contributed by atoms with Gasteiger partial charge in [-0.2, -0.15) is 0 Å². The second kappa shape index (κ2) is 9.82. The third-order valence-electron chi connectivity index (χ3n) is 3.68. The molecule has 3 aromatic rings. The molecule has 2 aromatic heterocycles. The topological polar surface area (TPSA) is 96.0 Å². The number of aromatic nitrogens is 2. The van der Waals surface area contributed by atoms with Crippen LogP contribution in [0.15, 0.2) is 54.0 Å². The second-order valence-electron chi connectivity index (χ2n) is 5.75. The summed E-state index contributed by atoms with van der Waals surface area (Å²) in [6, 6.07) is 12.8. The number of nitrogens with zero attached hydrogens (tertiary/aromatic N) is 2. The Morgan fingerprint density at radius 3 is 2.68 bits per heavy atom. The number of thiazole rings is 1. The molecule has 0 radical (unpaired) electrons. The van der Waals surface area contributed by atoms with Gasteiger partial charge in [-0.05, 0) is 24.3 Å². The van der Waals surface area contributed by atoms with Gasteiger partial charge < -0.3 is 16.0 Å². The van der Waals surface area contributed by atoms with Crippen LogP contribution in [0.25, 0.3) is 0 Å². The zero-order valence-electron chi connectivity index (χ0n) is 14.8. The van der Waals surface area contributed by atoms with Crippen LogP contribution in [0.5, 0.6) is 0 Å². The van der Waals surface area contributed by atoms with Crippen molar-refractivity contribution in [1.29, 1.82) is 0 Å². The van der Waals surface area contributed by atoms with Crippen molar-refractivity contribution in [2.75, 3.05) is 11.9 Å². The van der Waals surface area contributed by atoms with Gasteiger partial charge in [-0.25, -0.2) is 4.98 Å². The summed E-state index contributed by atoms with van der Waals surface area (Å²) >= 11 is 7.40. The van der Waals surface area contributed by atoms with E-state index in [1.807, 2.05) is 36.4 Å². The summed E-state index contributed by atoms with van der Waals surface area (Å²) in [6.45, 7) is 0.578. The Balaban J connectivity index is 1.42. The van der Waals surface area contributed by atoms with E-state index < -0.39 is 0 Å². The van der Waals surface area contributed by atoms with Crippen LogP contribution in [0, 0.1) is 0 Å². The number of halogens is 1. The third-order valence-corrected chi connectivity index (χ3v) is 4.77. The summed E-state index contributed by atoms with van der Waals surface area (Å²) in [4.78, 5) is 32.4. The highest BCUT2D eigenvalue weighted by atomic mass is 35.5. The van der Waals surface area contributed by atoms with E-state index in [1.165, 1.54) is 11.3 Å². The Morgan fingerprint density at radius 1 is 1.07 bits per heavy atom. The van der Waals surface area contributed by atoms with Crippen molar-refractivity contribution in [3.05, 3.63) is 70.5 Å². The summed E-state index contributed by atoms with van der Waals surface area (Å²) in [5, 5.41) is 11.3. The minimum Gasteiger partial charge on any atom is -0.350 e. The number of anilines is 2. The zero-order chi connectivity index (χ0) is 19.8. The molecule has 0 aliphatic heterocycles. The first-order valence-electron chi connectivity index (χ1n) is 8.53. The molecule has 1 aromatic carbocycles. The molecule has 2 heterocycles. The number of carbonyl (C=O) groups excluding carboxylic acids is 2. The maximum Gasteiger partial charge on any atom is 0.270 e. The van der Waals surface area contributed by atoms with Crippen molar-refractivity contribution >= 4 is 45.6 Å². The number of hydrogen-bond acceptors (Lipinski definition) is 6. The van der Waals surface area contributed by atoms with Crippen LogP contribution in [0.2, 0.25) is 5.02 Å². The lowest BCUT2D eigenvalue weighted by atomic mass is 10.3. The number of pyridine rings is 1. The van der Waals surface area contributed by atoms with Crippen LogP contribution in [0.1, 0.15) is 22.6 Å². The van der Waals surface area contributed by atoms with Gasteiger partial charge in [0.2, 0.25) is 5.91 Å². The number of nitrogens with one attached hydrogen (secondary N) is 3. The fourth-order valence-corrected chi connectivity index (χ4v) is 3.16. The Bertz CT molecular complexity index is 948. The van der Waals surface area contributed by atoms with E-state index in [-0.39, 0.29) is 30.5 Å². The number of amides is 2. The van der Waals surface area contributed by atoms with E-state index in [9.17, 15) is 9.59 Å². The standard InChI is InChI=1S/C19H18ClN5O2S/c20-14-6-1-2-7-15(14)24-19-25-16(12-28-19)18(27)22-10-8-17(26)23-11-13-5-3-4-9-21-13/h1-7,9,12H,8,10-11H2,(H,22,27)(H,23,26)(H,24,25). The van der Waals surface area contributed by atoms with Gasteiger partial charge >= 0.3 is 0 Å². The van der Waals surface area contributed by atoms with E-state index in [2.05, 4.69) is 25.9 Å². The molecular weight excluding hydrogens is 398 g/mol. The SMILES string of the molecule is O=C(CCNC(=O)c1csc(Nc2ccccc2Cl)n1)NCc1ccccn1. The Kier molecular flexibility index (Phi) is 6.94. The Labute approximate surface area is 171 Å². The Hall–Kier alpha value is -2.97. The summed E-state index contributed by atoms with van der Waals surface area (Å²) in [5.74, 6) is -0.494. The minimum atomic E-state index is -0.332. The van der Waals surface area contributed by atoms with Gasteiger partial charge in [-0.3, -0.25) is 14.6 Å². The van der Waals surface area contributed by atoms with Gasteiger partial charge in [-0.1, -0.05) is 29.8 Å². The van der Waals surface area contributed by atoms with Crippen LogP contribution < -0.4 is 16.0 Å². The largest absolute Gasteiger partial charge is 0.350 e. The molecule has 9 heteroatoms. The molecule has 0 saturated carbocycles. The molecule has 144 valence electrons. The molecule has 0 fully saturated rings. The number of rotatable bonds is 8. The van der Waals surface area contributed by atoms with Crippen LogP contribution >= 0.6 is 22.9 Å². The first-order valence-corrected chi connectivity index (χ1v) is 9.79. The first-order chi connectivity index (χ1) is 13.6. The van der Waals surface area contributed by atoms with Crippen molar-refractivity contribution in [2.24, 2.45) is 0 Å². The normalized spacial score (nSPS) is 10.3. The predicted octanol–water partition coefficient (Wildman–Crippen LogP) is 3.37. The molecule has 0 aliphatic rings. The van der Waals surface area contributed by atoms with Gasteiger partial charge in [0.15, 0.2) is 5.13 Å². The van der Waals surface area contributed by atoms with Crippen LogP contribution in [-0.2, 0) is 11.3 Å². The van der Waals surface area contributed by atoms with Gasteiger partial charge in [0, 0.05) is 24.5 Å². The van der Waals surface area contributed by atoms with Crippen molar-refractivity contribution < 1.29 is 9.59 Å². The van der Waals surface area contributed by atoms with Crippen molar-refractivity contribution in [3.63, 3.8) is 0 Å². The number of carbonyl (C=O) groups is 2. The summed E-state index contributed by atoms with van der Waals surface area (Å²) in [6.07, 6.45) is 1.85. The van der Waals surface area contributed by atoms with Crippen molar-refractivity contribution in [1.82, 2.24) is 20.6 Å². The molecule has 2 amide bonds. The zero-order valence-corrected chi connectivity index (χ0v) is 16.4. The molecule has 0 unspecified atom stereocenters. The molecule has 0 spiro atoms. The lowest BCUT2D eigenvalue weighted by molar-refractivity contribution is -0.121. The van der Waals surface area contributed by atoms with E-state index in [0.717, 1.165) is 11.4 Å². The van der Waals surface area contributed by atoms with Gasteiger partial charge in [0.25, 0.3) is 5.91 Å². The maximum absolute atomic E-state index is 12.2. The number of benzene rings is 1. The molecule has 0 bridgehead atoms. The van der Waals surface area contributed by atoms with Gasteiger partial charge in [-0.15, -0.1) is 11.3 Å². The predicted molar refractivity (Wildman–Crippen MR) is 110 cm³/mol. The van der Waals surface area contributed by atoms with E-state index in [4.69, 9.17) is 11.6 Å². The van der Waals surface area contributed by atoms with Crippen molar-refractivity contribution in [3.8, 4) is 0 Å². The average molecular weight is 416 g/mol. The fraction of sp³-hybridized carbons (Fsp3) is 0.158. The van der Waals surface area contributed by atoms with E-state index >= 15 is 0 Å². The number of hydrogen-bond donors (Lipinski definition) is 3. The highest BCUT2D eigenvalue weighted by Crippen LogP contribution is 2.26. The third kappa shape index (κ3) is 5.77. The smallest absolute Gasteiger partial charge is 0.270 e. The molecular formula is C19H18ClN5O2S. The molecule has 0 saturated heterocycles. The lowest BCUT2D eigenvalue weighted by Crippen LogP contribution is -2.30. The van der Waals surface area contributed by atoms with Crippen LogP contribution in [0.4, 0.5) is 10.8 Å². The van der Waals surface area contributed by atoms with E-state index in [0.29, 0.717) is 16.7 Å². The van der Waals surface area contributed by atoms with Crippen LogP contribution in [0.3, 0.4) is 0 Å². The summed E-state index contributed by atoms with van der Waals surface area (Å²) < 4.78 is 0. The van der Waals surface area contributed by atoms with Crippen molar-refractivity contribution in [2.45, 2.75) is 13.0 Å². The molecule has 28 heavy (non-hydrogen) atoms. The molecule has 3 N–H and O–H groups in total. The summed E-state index contributed by atoms with van der Waals surface area (Å²) in [7, 11) is 0. The minimum absolute atomic E-state index is 0.162. The molecule has 7 nitrogen and oxygen atoms in total. The average Bonchev–Trinajstić information content (AvgIpc) is 3.18. The highest BCUT2D eigenvalue weighted by Gasteiger charge is 2.12. The molecule has 3 rings (SSSR count). The van der Waals surface area contributed by atoms with Gasteiger partial charge in [0.1, 0.15) is 5.69 Å². The first kappa shape index (κ1) is 19.8. The summed E-state index contributed by atoms with van der Waals surface area (Å²) in [5.41, 5.74) is 1.78. The lowest BCUT2D eigenvalue weighted by Gasteiger charge is -2.06. The monoisotopic (exact) mass is 415 g/mol. The molecule has 0 atom stereocenters. The van der Waals surface area contributed by atoms with Gasteiger partial charge in [0.05, 0.1) is 22.9 Å². The quantitative estimate of drug-likeness (QED) is 0.524. The van der Waals surface area contributed by atoms with Crippen LogP contribution in [-0.4, -0.2) is 28.3 Å². The molecule has 0 aliphatic carbocycles. The number of para-hydroxylation sites is 1. The Morgan fingerprint density at radius 2 is 1.89 bits per heavy atom. The van der Waals surface area contributed by atoms with E-state index in [1.54, 1.807) is 17.6 Å².